The fourth-order valence-electron chi connectivity index (χ4n) is 2.91. The molecule has 4 heteroatoms. The first-order valence-corrected chi connectivity index (χ1v) is 8.39. The summed E-state index contributed by atoms with van der Waals surface area (Å²) in [6.07, 6.45) is 8.61. The Balaban J connectivity index is 1.93. The van der Waals surface area contributed by atoms with E-state index in [1.54, 1.807) is 12.1 Å². The Bertz CT molecular complexity index is 426. The van der Waals surface area contributed by atoms with E-state index < -0.39 is 0 Å². The van der Waals surface area contributed by atoms with E-state index >= 15 is 0 Å². The molecule has 0 aliphatic heterocycles. The average molecular weight is 327 g/mol. The lowest BCUT2D eigenvalue weighted by molar-refractivity contribution is 0.159. The Morgan fingerprint density at radius 1 is 1.21 bits per heavy atom. The van der Waals surface area contributed by atoms with Gasteiger partial charge < -0.3 is 4.57 Å². The third-order valence-corrected chi connectivity index (χ3v) is 4.34. The van der Waals surface area contributed by atoms with Crippen LogP contribution < -0.4 is 5.56 Å². The molecule has 1 fully saturated rings. The molecule has 0 saturated heterocycles. The molecule has 1 aromatic rings. The maximum Gasteiger partial charge on any atom is 0.250 e. The minimum absolute atomic E-state index is 0.102. The standard InChI is InChI=1S/C15H23BrN2O/c16-9-11-17(14-6-2-1-3-7-14)12-13-18-10-5-4-8-15(18)19/h4-5,8,10,14H,1-3,6-7,9,11-13H2. The third kappa shape index (κ3) is 4.46. The summed E-state index contributed by atoms with van der Waals surface area (Å²) in [5.41, 5.74) is 0.102. The molecule has 1 heterocycles. The van der Waals surface area contributed by atoms with Crippen LogP contribution in [-0.4, -0.2) is 33.9 Å². The quantitative estimate of drug-likeness (QED) is 0.751. The van der Waals surface area contributed by atoms with Crippen LogP contribution in [0.5, 0.6) is 0 Å². The Morgan fingerprint density at radius 3 is 2.68 bits per heavy atom. The molecule has 106 valence electrons. The SMILES string of the molecule is O=c1ccccn1CCN(CCBr)C1CCCCC1. The Labute approximate surface area is 123 Å². The number of rotatable bonds is 6. The summed E-state index contributed by atoms with van der Waals surface area (Å²) >= 11 is 3.55. The molecule has 0 amide bonds. The van der Waals surface area contributed by atoms with E-state index in [1.807, 2.05) is 16.8 Å². The van der Waals surface area contributed by atoms with Crippen LogP contribution in [0.15, 0.2) is 29.2 Å². The summed E-state index contributed by atoms with van der Waals surface area (Å²) in [6.45, 7) is 2.84. The van der Waals surface area contributed by atoms with Crippen LogP contribution in [-0.2, 0) is 6.54 Å². The number of nitrogens with zero attached hydrogens (tertiary/aromatic N) is 2. The fourth-order valence-corrected chi connectivity index (χ4v) is 3.37. The highest BCUT2D eigenvalue weighted by Crippen LogP contribution is 2.22. The summed E-state index contributed by atoms with van der Waals surface area (Å²) in [4.78, 5) is 14.3. The number of aromatic nitrogens is 1. The van der Waals surface area contributed by atoms with Crippen LogP contribution in [0.1, 0.15) is 32.1 Å². The van der Waals surface area contributed by atoms with Crippen LogP contribution in [0.4, 0.5) is 0 Å². The minimum Gasteiger partial charge on any atom is -0.314 e. The van der Waals surface area contributed by atoms with Gasteiger partial charge in [-0.2, -0.15) is 0 Å². The number of pyridine rings is 1. The number of halogens is 1. The van der Waals surface area contributed by atoms with E-state index in [0.717, 1.165) is 25.0 Å². The van der Waals surface area contributed by atoms with Crippen molar-refractivity contribution in [3.8, 4) is 0 Å². The third-order valence-electron chi connectivity index (χ3n) is 3.99. The van der Waals surface area contributed by atoms with E-state index in [-0.39, 0.29) is 5.56 Å². The maximum absolute atomic E-state index is 11.7. The van der Waals surface area contributed by atoms with Crippen molar-refractivity contribution in [3.05, 3.63) is 34.7 Å². The second-order valence-corrected chi connectivity index (χ2v) is 6.04. The van der Waals surface area contributed by atoms with E-state index in [4.69, 9.17) is 0 Å². The van der Waals surface area contributed by atoms with Gasteiger partial charge in [0.15, 0.2) is 0 Å². The normalized spacial score (nSPS) is 16.9. The highest BCUT2D eigenvalue weighted by Gasteiger charge is 2.20. The molecule has 0 spiro atoms. The predicted octanol–water partition coefficient (Wildman–Crippen LogP) is 2.88. The van der Waals surface area contributed by atoms with Crippen molar-refractivity contribution in [1.29, 1.82) is 0 Å². The van der Waals surface area contributed by atoms with Crippen LogP contribution in [0, 0.1) is 0 Å². The van der Waals surface area contributed by atoms with Gasteiger partial charge in [-0.15, -0.1) is 0 Å². The molecular weight excluding hydrogens is 304 g/mol. The van der Waals surface area contributed by atoms with Gasteiger partial charge in [-0.1, -0.05) is 41.3 Å². The first-order chi connectivity index (χ1) is 9.31. The van der Waals surface area contributed by atoms with Gasteiger partial charge in [0.2, 0.25) is 0 Å². The zero-order valence-corrected chi connectivity index (χ0v) is 13.0. The Kier molecular flexibility index (Phi) is 6.11. The van der Waals surface area contributed by atoms with Crippen LogP contribution in [0.25, 0.3) is 0 Å². The highest BCUT2D eigenvalue weighted by atomic mass is 79.9. The van der Waals surface area contributed by atoms with Gasteiger partial charge in [-0.05, 0) is 18.9 Å². The number of alkyl halides is 1. The molecule has 1 aromatic heterocycles. The predicted molar refractivity (Wildman–Crippen MR) is 82.9 cm³/mol. The van der Waals surface area contributed by atoms with E-state index in [2.05, 4.69) is 20.8 Å². The monoisotopic (exact) mass is 326 g/mol. The molecule has 2 rings (SSSR count). The van der Waals surface area contributed by atoms with E-state index in [9.17, 15) is 4.79 Å². The van der Waals surface area contributed by atoms with Gasteiger partial charge in [0.05, 0.1) is 0 Å². The summed E-state index contributed by atoms with van der Waals surface area (Å²) in [6, 6.07) is 6.08. The largest absolute Gasteiger partial charge is 0.314 e. The van der Waals surface area contributed by atoms with E-state index in [0.29, 0.717) is 6.04 Å². The van der Waals surface area contributed by atoms with Crippen molar-refractivity contribution in [2.24, 2.45) is 0 Å². The van der Waals surface area contributed by atoms with Crippen LogP contribution in [0.2, 0.25) is 0 Å². The Morgan fingerprint density at radius 2 is 2.00 bits per heavy atom. The molecule has 1 aliphatic carbocycles. The van der Waals surface area contributed by atoms with Gasteiger partial charge in [-0.25, -0.2) is 0 Å². The van der Waals surface area contributed by atoms with Crippen molar-refractivity contribution in [2.45, 2.75) is 44.7 Å². The zero-order chi connectivity index (χ0) is 13.5. The molecule has 0 radical (unpaired) electrons. The topological polar surface area (TPSA) is 25.2 Å². The molecule has 1 aliphatic rings. The second kappa shape index (κ2) is 7.85. The first-order valence-electron chi connectivity index (χ1n) is 7.27. The van der Waals surface area contributed by atoms with Crippen molar-refractivity contribution >= 4 is 15.9 Å². The zero-order valence-electron chi connectivity index (χ0n) is 11.4. The van der Waals surface area contributed by atoms with Gasteiger partial charge in [0, 0.05) is 43.3 Å². The summed E-state index contributed by atoms with van der Waals surface area (Å²) in [5.74, 6) is 0. The molecule has 0 aromatic carbocycles. The molecule has 1 saturated carbocycles. The lowest BCUT2D eigenvalue weighted by Gasteiger charge is -2.34. The summed E-state index contributed by atoms with van der Waals surface area (Å²) < 4.78 is 1.81. The van der Waals surface area contributed by atoms with Gasteiger partial charge >= 0.3 is 0 Å². The highest BCUT2D eigenvalue weighted by molar-refractivity contribution is 9.09. The minimum atomic E-state index is 0.102. The van der Waals surface area contributed by atoms with Crippen LogP contribution in [0.3, 0.4) is 0 Å². The second-order valence-electron chi connectivity index (χ2n) is 5.25. The molecule has 3 nitrogen and oxygen atoms in total. The molecular formula is C15H23BrN2O. The van der Waals surface area contributed by atoms with E-state index in [1.165, 1.54) is 32.1 Å². The lowest BCUT2D eigenvalue weighted by Crippen LogP contribution is -2.40. The smallest absolute Gasteiger partial charge is 0.250 e. The van der Waals surface area contributed by atoms with Crippen molar-refractivity contribution in [3.63, 3.8) is 0 Å². The number of hydrogen-bond acceptors (Lipinski definition) is 2. The lowest BCUT2D eigenvalue weighted by atomic mass is 9.94. The van der Waals surface area contributed by atoms with Crippen LogP contribution >= 0.6 is 15.9 Å². The first kappa shape index (κ1) is 14.8. The van der Waals surface area contributed by atoms with Gasteiger partial charge in [-0.3, -0.25) is 9.69 Å². The van der Waals surface area contributed by atoms with Crippen molar-refractivity contribution in [2.75, 3.05) is 18.4 Å². The summed E-state index contributed by atoms with van der Waals surface area (Å²) in [5, 5.41) is 1.01. The van der Waals surface area contributed by atoms with Gasteiger partial charge in [0.25, 0.3) is 5.56 Å². The molecule has 0 bridgehead atoms. The van der Waals surface area contributed by atoms with Gasteiger partial charge in [0.1, 0.15) is 0 Å². The molecule has 0 unspecified atom stereocenters. The van der Waals surface area contributed by atoms with Crippen molar-refractivity contribution < 1.29 is 0 Å². The van der Waals surface area contributed by atoms with Crippen molar-refractivity contribution in [1.82, 2.24) is 9.47 Å². The fraction of sp³-hybridized carbons (Fsp3) is 0.667. The molecule has 19 heavy (non-hydrogen) atoms. The molecule has 0 atom stereocenters. The summed E-state index contributed by atoms with van der Waals surface area (Å²) in [7, 11) is 0. The maximum atomic E-state index is 11.7. The average Bonchev–Trinajstić information content (AvgIpc) is 2.46. The Hall–Kier alpha value is -0.610. The number of hydrogen-bond donors (Lipinski definition) is 0. The molecule has 0 N–H and O–H groups in total.